The molecule has 6 heteroatoms. The van der Waals surface area contributed by atoms with Gasteiger partial charge in [-0.15, -0.1) is 0 Å². The number of aromatic nitrogens is 2. The summed E-state index contributed by atoms with van der Waals surface area (Å²) < 4.78 is 6.01. The van der Waals surface area contributed by atoms with Gasteiger partial charge in [-0.05, 0) is 48.9 Å². The average molecular weight is 424 g/mol. The molecule has 4 rings (SSSR count). The summed E-state index contributed by atoms with van der Waals surface area (Å²) in [4.78, 5) is 22.6. The first-order valence-corrected chi connectivity index (χ1v) is 11.6. The SMILES string of the molecule is CC(CC(=O)O)CN1CCc2nc(-c3ccc(OCC4CCCCC4)cc3)ncc2C1. The fraction of sp³-hybridized carbons (Fsp3) is 0.560. The molecular weight excluding hydrogens is 390 g/mol. The van der Waals surface area contributed by atoms with E-state index in [4.69, 9.17) is 14.8 Å². The summed E-state index contributed by atoms with van der Waals surface area (Å²) in [5.74, 6) is 1.77. The Bertz CT molecular complexity index is 878. The second kappa shape index (κ2) is 10.2. The maximum absolute atomic E-state index is 10.9. The monoisotopic (exact) mass is 423 g/mol. The predicted molar refractivity (Wildman–Crippen MR) is 120 cm³/mol. The highest BCUT2D eigenvalue weighted by atomic mass is 16.5. The van der Waals surface area contributed by atoms with Crippen molar-refractivity contribution in [2.24, 2.45) is 11.8 Å². The summed E-state index contributed by atoms with van der Waals surface area (Å²) in [7, 11) is 0. The lowest BCUT2D eigenvalue weighted by Gasteiger charge is -2.29. The van der Waals surface area contributed by atoms with Crippen LogP contribution in [0.5, 0.6) is 5.75 Å². The maximum atomic E-state index is 10.9. The largest absolute Gasteiger partial charge is 0.493 e. The molecule has 2 aromatic rings. The second-order valence-corrected chi connectivity index (χ2v) is 9.19. The molecule has 1 aromatic carbocycles. The number of aliphatic carboxylic acids is 1. The minimum Gasteiger partial charge on any atom is -0.493 e. The molecule has 166 valence electrons. The van der Waals surface area contributed by atoms with E-state index in [1.807, 2.05) is 37.4 Å². The second-order valence-electron chi connectivity index (χ2n) is 9.19. The molecule has 31 heavy (non-hydrogen) atoms. The quantitative estimate of drug-likeness (QED) is 0.670. The van der Waals surface area contributed by atoms with Gasteiger partial charge < -0.3 is 9.84 Å². The van der Waals surface area contributed by atoms with Crippen LogP contribution in [0.3, 0.4) is 0 Å². The minimum absolute atomic E-state index is 0.137. The molecular formula is C25H33N3O3. The van der Waals surface area contributed by atoms with Crippen molar-refractivity contribution in [3.05, 3.63) is 41.7 Å². The fourth-order valence-corrected chi connectivity index (χ4v) is 4.74. The Morgan fingerprint density at radius 1 is 1.23 bits per heavy atom. The van der Waals surface area contributed by atoms with Gasteiger partial charge in [-0.25, -0.2) is 9.97 Å². The Kier molecular flexibility index (Phi) is 7.17. The number of hydrogen-bond donors (Lipinski definition) is 1. The van der Waals surface area contributed by atoms with Crippen LogP contribution in [0.25, 0.3) is 11.4 Å². The van der Waals surface area contributed by atoms with E-state index in [0.717, 1.165) is 61.1 Å². The topological polar surface area (TPSA) is 75.5 Å². The smallest absolute Gasteiger partial charge is 0.303 e. The normalized spacial score (nSPS) is 18.4. The van der Waals surface area contributed by atoms with Crippen molar-refractivity contribution in [1.82, 2.24) is 14.9 Å². The van der Waals surface area contributed by atoms with E-state index in [0.29, 0.717) is 5.92 Å². The van der Waals surface area contributed by atoms with Crippen LogP contribution in [-0.2, 0) is 17.8 Å². The van der Waals surface area contributed by atoms with Crippen molar-refractivity contribution in [1.29, 1.82) is 0 Å². The summed E-state index contributed by atoms with van der Waals surface area (Å²) in [6, 6.07) is 8.13. The summed E-state index contributed by atoms with van der Waals surface area (Å²) in [5.41, 5.74) is 3.25. The molecule has 1 saturated carbocycles. The van der Waals surface area contributed by atoms with Gasteiger partial charge >= 0.3 is 5.97 Å². The molecule has 0 radical (unpaired) electrons. The van der Waals surface area contributed by atoms with Crippen LogP contribution in [0.1, 0.15) is 56.7 Å². The summed E-state index contributed by atoms with van der Waals surface area (Å²) >= 11 is 0. The molecule has 1 fully saturated rings. The van der Waals surface area contributed by atoms with E-state index in [2.05, 4.69) is 9.88 Å². The first-order chi connectivity index (χ1) is 15.1. The zero-order chi connectivity index (χ0) is 21.6. The number of carboxylic acid groups (broad SMARTS) is 1. The van der Waals surface area contributed by atoms with Crippen LogP contribution in [0.2, 0.25) is 0 Å². The van der Waals surface area contributed by atoms with E-state index in [9.17, 15) is 4.79 Å². The van der Waals surface area contributed by atoms with Gasteiger partial charge in [0.2, 0.25) is 0 Å². The molecule has 1 unspecified atom stereocenters. The Balaban J connectivity index is 1.34. The lowest BCUT2D eigenvalue weighted by molar-refractivity contribution is -0.138. The van der Waals surface area contributed by atoms with Gasteiger partial charge in [-0.3, -0.25) is 9.69 Å². The first kappa shape index (κ1) is 21.8. The van der Waals surface area contributed by atoms with Crippen LogP contribution in [0, 0.1) is 11.8 Å². The molecule has 0 bridgehead atoms. The van der Waals surface area contributed by atoms with Gasteiger partial charge in [-0.1, -0.05) is 26.2 Å². The number of benzene rings is 1. The van der Waals surface area contributed by atoms with Gasteiger partial charge in [0.25, 0.3) is 0 Å². The highest BCUT2D eigenvalue weighted by molar-refractivity contribution is 5.67. The van der Waals surface area contributed by atoms with E-state index in [-0.39, 0.29) is 12.3 Å². The average Bonchev–Trinajstić information content (AvgIpc) is 2.78. The van der Waals surface area contributed by atoms with Crippen molar-refractivity contribution in [3.63, 3.8) is 0 Å². The maximum Gasteiger partial charge on any atom is 0.303 e. The highest BCUT2D eigenvalue weighted by Crippen LogP contribution is 2.26. The lowest BCUT2D eigenvalue weighted by Crippen LogP contribution is -2.35. The van der Waals surface area contributed by atoms with Gasteiger partial charge in [-0.2, -0.15) is 0 Å². The summed E-state index contributed by atoms with van der Waals surface area (Å²) in [6.45, 7) is 5.28. The van der Waals surface area contributed by atoms with Crippen LogP contribution < -0.4 is 4.74 Å². The van der Waals surface area contributed by atoms with Gasteiger partial charge in [0.05, 0.1) is 12.3 Å². The number of ether oxygens (including phenoxy) is 1. The van der Waals surface area contributed by atoms with Crippen LogP contribution in [0.15, 0.2) is 30.5 Å². The fourth-order valence-electron chi connectivity index (χ4n) is 4.74. The Labute approximate surface area is 184 Å². The van der Waals surface area contributed by atoms with Crippen molar-refractivity contribution < 1.29 is 14.6 Å². The molecule has 1 atom stereocenters. The van der Waals surface area contributed by atoms with E-state index < -0.39 is 5.97 Å². The molecule has 2 aliphatic rings. The van der Waals surface area contributed by atoms with Gasteiger partial charge in [0.15, 0.2) is 5.82 Å². The van der Waals surface area contributed by atoms with Crippen molar-refractivity contribution >= 4 is 5.97 Å². The molecule has 1 aliphatic carbocycles. The number of fused-ring (bicyclic) bond motifs is 1. The molecule has 1 N–H and O–H groups in total. The van der Waals surface area contributed by atoms with E-state index in [1.54, 1.807) is 0 Å². The number of carboxylic acids is 1. The first-order valence-electron chi connectivity index (χ1n) is 11.6. The number of hydrogen-bond acceptors (Lipinski definition) is 5. The van der Waals surface area contributed by atoms with Crippen molar-refractivity contribution in [2.75, 3.05) is 19.7 Å². The molecule has 6 nitrogen and oxygen atoms in total. The van der Waals surface area contributed by atoms with E-state index in [1.165, 1.54) is 32.1 Å². The minimum atomic E-state index is -0.733. The third kappa shape index (κ3) is 6.03. The standard InChI is InChI=1S/C25H33N3O3/c1-18(13-24(29)30)15-28-12-11-23-21(16-28)14-26-25(27-23)20-7-9-22(10-8-20)31-17-19-5-3-2-4-6-19/h7-10,14,18-19H,2-6,11-13,15-17H2,1H3,(H,29,30). The van der Waals surface area contributed by atoms with Crippen LogP contribution in [0.4, 0.5) is 0 Å². The molecule has 0 amide bonds. The zero-order valence-corrected chi connectivity index (χ0v) is 18.4. The Hall–Kier alpha value is -2.47. The summed E-state index contributed by atoms with van der Waals surface area (Å²) in [5, 5.41) is 8.97. The van der Waals surface area contributed by atoms with Crippen LogP contribution in [-0.4, -0.2) is 45.6 Å². The zero-order valence-electron chi connectivity index (χ0n) is 18.4. The van der Waals surface area contributed by atoms with Crippen molar-refractivity contribution in [3.8, 4) is 17.1 Å². The third-order valence-corrected chi connectivity index (χ3v) is 6.43. The van der Waals surface area contributed by atoms with Gasteiger partial charge in [0.1, 0.15) is 5.75 Å². The molecule has 1 aliphatic heterocycles. The predicted octanol–water partition coefficient (Wildman–Crippen LogP) is 4.57. The number of carbonyl (C=O) groups is 1. The molecule has 1 aromatic heterocycles. The van der Waals surface area contributed by atoms with Gasteiger partial charge in [0, 0.05) is 49.8 Å². The number of nitrogens with zero attached hydrogens (tertiary/aromatic N) is 3. The Morgan fingerprint density at radius 3 is 2.74 bits per heavy atom. The number of rotatable bonds is 8. The Morgan fingerprint density at radius 2 is 2.00 bits per heavy atom. The van der Waals surface area contributed by atoms with Crippen molar-refractivity contribution in [2.45, 2.75) is 58.4 Å². The molecule has 2 heterocycles. The highest BCUT2D eigenvalue weighted by Gasteiger charge is 2.21. The summed E-state index contributed by atoms with van der Waals surface area (Å²) in [6.07, 6.45) is 9.62. The van der Waals surface area contributed by atoms with Crippen LogP contribution >= 0.6 is 0 Å². The molecule has 0 saturated heterocycles. The molecule has 0 spiro atoms. The van der Waals surface area contributed by atoms with E-state index >= 15 is 0 Å². The third-order valence-electron chi connectivity index (χ3n) is 6.43. The lowest BCUT2D eigenvalue weighted by atomic mass is 9.90.